The van der Waals surface area contributed by atoms with E-state index in [0.29, 0.717) is 10.7 Å². The van der Waals surface area contributed by atoms with Crippen molar-refractivity contribution >= 4 is 35.0 Å². The Bertz CT molecular complexity index is 616. The average Bonchev–Trinajstić information content (AvgIpc) is 2.43. The van der Waals surface area contributed by atoms with Gasteiger partial charge in [0.1, 0.15) is 5.82 Å². The van der Waals surface area contributed by atoms with Gasteiger partial charge in [0.25, 0.3) is 0 Å². The van der Waals surface area contributed by atoms with Gasteiger partial charge in [0.15, 0.2) is 0 Å². The normalized spacial score (nSPS) is 10.3. The number of anilines is 1. The maximum atomic E-state index is 12.8. The molecule has 0 saturated carbocycles. The largest absolute Gasteiger partial charge is 0.325 e. The number of amides is 1. The molecular formula is C15H13ClFNOS. The molecule has 2 rings (SSSR count). The zero-order valence-electron chi connectivity index (χ0n) is 10.8. The third kappa shape index (κ3) is 3.99. The number of carbonyl (C=O) groups excluding carboxylic acids is 1. The van der Waals surface area contributed by atoms with Crippen LogP contribution in [0.15, 0.2) is 47.4 Å². The molecule has 0 unspecified atom stereocenters. The summed E-state index contributed by atoms with van der Waals surface area (Å²) in [5.74, 6) is -0.143. The summed E-state index contributed by atoms with van der Waals surface area (Å²) in [7, 11) is 0. The second-order valence-corrected chi connectivity index (χ2v) is 5.66. The highest BCUT2D eigenvalue weighted by molar-refractivity contribution is 8.00. The Hall–Kier alpha value is -1.52. The molecular weight excluding hydrogens is 297 g/mol. The van der Waals surface area contributed by atoms with E-state index in [-0.39, 0.29) is 17.5 Å². The molecule has 0 radical (unpaired) electrons. The zero-order valence-corrected chi connectivity index (χ0v) is 12.4. The molecule has 2 aromatic carbocycles. The Balaban J connectivity index is 1.92. The lowest BCUT2D eigenvalue weighted by atomic mass is 10.2. The van der Waals surface area contributed by atoms with Crippen LogP contribution in [0, 0.1) is 12.7 Å². The molecule has 1 amide bonds. The first-order valence-corrected chi connectivity index (χ1v) is 7.36. The van der Waals surface area contributed by atoms with Crippen LogP contribution in [0.25, 0.3) is 0 Å². The molecule has 20 heavy (non-hydrogen) atoms. The van der Waals surface area contributed by atoms with Crippen LogP contribution in [0.2, 0.25) is 5.02 Å². The van der Waals surface area contributed by atoms with Crippen molar-refractivity contribution < 1.29 is 9.18 Å². The number of rotatable bonds is 4. The Morgan fingerprint density at radius 2 is 1.95 bits per heavy atom. The minimum atomic E-state index is -0.284. The highest BCUT2D eigenvalue weighted by Gasteiger charge is 2.07. The van der Waals surface area contributed by atoms with Gasteiger partial charge in [-0.1, -0.05) is 17.7 Å². The number of thioether (sulfide) groups is 1. The van der Waals surface area contributed by atoms with Gasteiger partial charge in [-0.3, -0.25) is 4.79 Å². The van der Waals surface area contributed by atoms with Crippen molar-refractivity contribution in [2.24, 2.45) is 0 Å². The molecule has 1 N–H and O–H groups in total. The molecule has 0 aliphatic carbocycles. The van der Waals surface area contributed by atoms with Crippen LogP contribution in [0.3, 0.4) is 0 Å². The molecule has 2 aromatic rings. The van der Waals surface area contributed by atoms with E-state index in [1.54, 1.807) is 24.3 Å². The molecule has 5 heteroatoms. The second kappa shape index (κ2) is 6.77. The third-order valence-electron chi connectivity index (χ3n) is 2.73. The molecule has 0 aliphatic heterocycles. The first-order chi connectivity index (χ1) is 9.56. The Kier molecular flexibility index (Phi) is 5.04. The minimum absolute atomic E-state index is 0.121. The van der Waals surface area contributed by atoms with Gasteiger partial charge in [-0.15, -0.1) is 11.8 Å². The van der Waals surface area contributed by atoms with Crippen LogP contribution in [0.4, 0.5) is 10.1 Å². The van der Waals surface area contributed by atoms with Gasteiger partial charge in [0.2, 0.25) is 5.91 Å². The predicted octanol–water partition coefficient (Wildman–Crippen LogP) is 4.52. The number of nitrogens with one attached hydrogen (secondary N) is 1. The molecule has 0 aromatic heterocycles. The van der Waals surface area contributed by atoms with Crippen LogP contribution in [0.1, 0.15) is 5.56 Å². The average molecular weight is 310 g/mol. The number of carbonyl (C=O) groups is 1. The molecule has 2 nitrogen and oxygen atoms in total. The fraction of sp³-hybridized carbons (Fsp3) is 0.133. The van der Waals surface area contributed by atoms with Gasteiger partial charge in [-0.25, -0.2) is 4.39 Å². The van der Waals surface area contributed by atoms with Crippen molar-refractivity contribution in [1.82, 2.24) is 0 Å². The number of hydrogen-bond donors (Lipinski definition) is 1. The first-order valence-electron chi connectivity index (χ1n) is 5.99. The SMILES string of the molecule is Cc1c(Cl)cccc1NC(=O)CSc1ccc(F)cc1. The highest BCUT2D eigenvalue weighted by atomic mass is 35.5. The van der Waals surface area contributed by atoms with E-state index in [1.807, 2.05) is 13.0 Å². The van der Waals surface area contributed by atoms with E-state index in [0.717, 1.165) is 10.5 Å². The Morgan fingerprint density at radius 3 is 2.65 bits per heavy atom. The summed E-state index contributed by atoms with van der Waals surface area (Å²) in [5, 5.41) is 3.43. The van der Waals surface area contributed by atoms with Crippen LogP contribution >= 0.6 is 23.4 Å². The minimum Gasteiger partial charge on any atom is -0.325 e. The molecule has 0 spiro atoms. The lowest BCUT2D eigenvalue weighted by Gasteiger charge is -2.09. The molecule has 0 saturated heterocycles. The molecule has 0 atom stereocenters. The zero-order chi connectivity index (χ0) is 14.5. The van der Waals surface area contributed by atoms with Crippen LogP contribution in [-0.4, -0.2) is 11.7 Å². The van der Waals surface area contributed by atoms with Gasteiger partial charge in [-0.05, 0) is 48.9 Å². The fourth-order valence-corrected chi connectivity index (χ4v) is 2.48. The number of hydrogen-bond acceptors (Lipinski definition) is 2. The van der Waals surface area contributed by atoms with Crippen molar-refractivity contribution in [3.8, 4) is 0 Å². The summed E-state index contributed by atoms with van der Waals surface area (Å²) in [6, 6.07) is 11.4. The van der Waals surface area contributed by atoms with E-state index < -0.39 is 0 Å². The summed E-state index contributed by atoms with van der Waals surface area (Å²) in [6.07, 6.45) is 0. The van der Waals surface area contributed by atoms with Crippen molar-refractivity contribution in [3.05, 3.63) is 58.9 Å². The maximum Gasteiger partial charge on any atom is 0.234 e. The van der Waals surface area contributed by atoms with Crippen molar-refractivity contribution in [3.63, 3.8) is 0 Å². The number of halogens is 2. The van der Waals surface area contributed by atoms with Crippen LogP contribution in [0.5, 0.6) is 0 Å². The Morgan fingerprint density at radius 1 is 1.25 bits per heavy atom. The monoisotopic (exact) mass is 309 g/mol. The van der Waals surface area contributed by atoms with E-state index in [2.05, 4.69) is 5.32 Å². The van der Waals surface area contributed by atoms with Gasteiger partial charge >= 0.3 is 0 Å². The molecule has 0 bridgehead atoms. The topological polar surface area (TPSA) is 29.1 Å². The third-order valence-corrected chi connectivity index (χ3v) is 4.15. The molecule has 0 aliphatic rings. The van der Waals surface area contributed by atoms with Crippen molar-refractivity contribution in [1.29, 1.82) is 0 Å². The van der Waals surface area contributed by atoms with E-state index >= 15 is 0 Å². The highest BCUT2D eigenvalue weighted by Crippen LogP contribution is 2.24. The summed E-state index contributed by atoms with van der Waals surface area (Å²) in [5.41, 5.74) is 1.55. The van der Waals surface area contributed by atoms with Crippen molar-refractivity contribution in [2.45, 2.75) is 11.8 Å². The Labute approximate surface area is 126 Å². The van der Waals surface area contributed by atoms with Crippen LogP contribution in [-0.2, 0) is 4.79 Å². The van der Waals surface area contributed by atoms with E-state index in [9.17, 15) is 9.18 Å². The van der Waals surface area contributed by atoms with E-state index in [4.69, 9.17) is 11.6 Å². The summed E-state index contributed by atoms with van der Waals surface area (Å²) < 4.78 is 12.8. The molecule has 104 valence electrons. The fourth-order valence-electron chi connectivity index (χ4n) is 1.61. The summed E-state index contributed by atoms with van der Waals surface area (Å²) in [4.78, 5) is 12.7. The van der Waals surface area contributed by atoms with Crippen molar-refractivity contribution in [2.75, 3.05) is 11.1 Å². The van der Waals surface area contributed by atoms with Gasteiger partial charge in [0, 0.05) is 15.6 Å². The first kappa shape index (κ1) is 14.9. The quantitative estimate of drug-likeness (QED) is 0.841. The van der Waals surface area contributed by atoms with Gasteiger partial charge < -0.3 is 5.32 Å². The van der Waals surface area contributed by atoms with Crippen LogP contribution < -0.4 is 5.32 Å². The van der Waals surface area contributed by atoms with Gasteiger partial charge in [0.05, 0.1) is 5.75 Å². The summed E-state index contributed by atoms with van der Waals surface area (Å²) >= 11 is 7.35. The lowest BCUT2D eigenvalue weighted by Crippen LogP contribution is -2.14. The molecule has 0 fully saturated rings. The number of benzene rings is 2. The predicted molar refractivity (Wildman–Crippen MR) is 81.9 cm³/mol. The lowest BCUT2D eigenvalue weighted by molar-refractivity contribution is -0.113. The standard InChI is InChI=1S/C15H13ClFNOS/c1-10-13(16)3-2-4-14(10)18-15(19)9-20-12-7-5-11(17)6-8-12/h2-8H,9H2,1H3,(H,18,19). The second-order valence-electron chi connectivity index (χ2n) is 4.20. The van der Waals surface area contributed by atoms with E-state index in [1.165, 1.54) is 23.9 Å². The molecule has 0 heterocycles. The maximum absolute atomic E-state index is 12.8. The van der Waals surface area contributed by atoms with Gasteiger partial charge in [-0.2, -0.15) is 0 Å². The smallest absolute Gasteiger partial charge is 0.234 e. The summed E-state index contributed by atoms with van der Waals surface area (Å²) in [6.45, 7) is 1.85.